The second kappa shape index (κ2) is 11.1. The van der Waals surface area contributed by atoms with Crippen molar-refractivity contribution in [3.63, 3.8) is 0 Å². The van der Waals surface area contributed by atoms with E-state index in [1.165, 1.54) is 0 Å². The molecule has 4 saturated carbocycles. The fraction of sp³-hybridized carbons (Fsp3) is 1.00. The van der Waals surface area contributed by atoms with Gasteiger partial charge in [0.2, 0.25) is 10.4 Å². The Morgan fingerprint density at radius 1 is 1.09 bits per heavy atom. The first-order valence-electron chi connectivity index (χ1n) is 13.1. The Morgan fingerprint density at radius 2 is 1.77 bits per heavy atom. The standard InChI is InChI=1S/C25H44O8S.Na/c1-5-16-19-12-15(26)8-10-24(19,3)22-20(27)13-25(4)17(6-7-18(25)21(22)23(16)28)14(2)9-11-32-33-34(29,30)31;/h14-23,26-28H,5-13H2,1-4H3,(H,29,30,31);/q;+1/p-1/t14-,15-,16-,17-,18?,19+,20+,21?,22?,23-,24+,25-;/m1./s1. The van der Waals surface area contributed by atoms with Crippen LogP contribution in [0.5, 0.6) is 0 Å². The van der Waals surface area contributed by atoms with Gasteiger partial charge >= 0.3 is 29.6 Å². The molecule has 4 fully saturated rings. The van der Waals surface area contributed by atoms with Gasteiger partial charge in [0.25, 0.3) is 0 Å². The van der Waals surface area contributed by atoms with Crippen molar-refractivity contribution in [3.05, 3.63) is 0 Å². The minimum absolute atomic E-state index is 0. The normalized spacial score (nSPS) is 48.3. The van der Waals surface area contributed by atoms with E-state index in [0.717, 1.165) is 32.1 Å². The average molecular weight is 527 g/mol. The summed E-state index contributed by atoms with van der Waals surface area (Å²) in [7, 11) is -4.87. The van der Waals surface area contributed by atoms with Crippen LogP contribution in [0.3, 0.4) is 0 Å². The van der Waals surface area contributed by atoms with Gasteiger partial charge in [-0.25, -0.2) is 13.3 Å². The van der Waals surface area contributed by atoms with Gasteiger partial charge in [-0.05, 0) is 97.2 Å². The molecule has 0 aromatic carbocycles. The van der Waals surface area contributed by atoms with Gasteiger partial charge < -0.3 is 19.9 Å². The maximum Gasteiger partial charge on any atom is 1.00 e. The summed E-state index contributed by atoms with van der Waals surface area (Å²) in [5.41, 5.74) is -0.217. The van der Waals surface area contributed by atoms with Crippen LogP contribution >= 0.6 is 0 Å². The van der Waals surface area contributed by atoms with Crippen molar-refractivity contribution >= 4 is 10.4 Å². The molecule has 4 rings (SSSR count). The van der Waals surface area contributed by atoms with Crippen molar-refractivity contribution in [2.45, 2.75) is 97.4 Å². The van der Waals surface area contributed by atoms with E-state index in [0.29, 0.717) is 31.1 Å². The summed E-state index contributed by atoms with van der Waals surface area (Å²) in [6, 6.07) is 0. The Balaban J connectivity index is 0.00000342. The summed E-state index contributed by atoms with van der Waals surface area (Å²) in [6.45, 7) is 8.82. The Labute approximate surface area is 232 Å². The Bertz CT molecular complexity index is 841. The van der Waals surface area contributed by atoms with Crippen LogP contribution < -0.4 is 29.6 Å². The molecule has 10 heteroatoms. The van der Waals surface area contributed by atoms with Gasteiger partial charge in [0, 0.05) is 0 Å². The molecule has 3 N–H and O–H groups in total. The molecule has 3 unspecified atom stereocenters. The molecule has 198 valence electrons. The van der Waals surface area contributed by atoms with Gasteiger partial charge in [-0.3, -0.25) is 0 Å². The average Bonchev–Trinajstić information content (AvgIpc) is 3.08. The molecule has 0 bridgehead atoms. The summed E-state index contributed by atoms with van der Waals surface area (Å²) in [6.07, 6.45) is 5.16. The number of rotatable bonds is 7. The third-order valence-electron chi connectivity index (χ3n) is 10.9. The third kappa shape index (κ3) is 5.43. The van der Waals surface area contributed by atoms with Crippen molar-refractivity contribution in [1.82, 2.24) is 0 Å². The molecule has 12 atom stereocenters. The molecule has 4 aliphatic rings. The Hall–Kier alpha value is 0.710. The van der Waals surface area contributed by atoms with Crippen LogP contribution in [0.4, 0.5) is 0 Å². The number of aliphatic hydroxyl groups excluding tert-OH is 3. The SMILES string of the molecule is CC[C@H]1[C@@H](O)C2C3CC[C@H]([C@H](C)CCOOS(=O)(=O)[O-])[C@@]3(C)C[C@H](O)C2[C@@]2(C)CC[C@@H](O)C[C@@H]12.[Na+]. The molecule has 0 aromatic rings. The molecule has 0 aromatic heterocycles. The first-order chi connectivity index (χ1) is 15.8. The fourth-order valence-corrected chi connectivity index (χ4v) is 9.76. The molecule has 0 radical (unpaired) electrons. The van der Waals surface area contributed by atoms with Crippen LogP contribution in [0, 0.1) is 52.3 Å². The Kier molecular flexibility index (Phi) is 9.56. The van der Waals surface area contributed by atoms with E-state index in [1.807, 2.05) is 0 Å². The van der Waals surface area contributed by atoms with E-state index < -0.39 is 22.6 Å². The molecule has 0 spiro atoms. The summed E-state index contributed by atoms with van der Waals surface area (Å²) in [5, 5.41) is 33.8. The van der Waals surface area contributed by atoms with E-state index >= 15 is 0 Å². The van der Waals surface area contributed by atoms with Gasteiger partial charge in [-0.15, -0.1) is 4.33 Å². The van der Waals surface area contributed by atoms with Crippen LogP contribution in [0.15, 0.2) is 0 Å². The molecule has 8 nitrogen and oxygen atoms in total. The first kappa shape index (κ1) is 30.3. The minimum Gasteiger partial charge on any atom is -0.724 e. The van der Waals surface area contributed by atoms with Crippen LogP contribution in [0.2, 0.25) is 0 Å². The zero-order valence-corrected chi connectivity index (χ0v) is 24.7. The van der Waals surface area contributed by atoms with Gasteiger partial charge in [-0.1, -0.05) is 34.1 Å². The predicted octanol–water partition coefficient (Wildman–Crippen LogP) is 0.0225. The number of hydrogen-bond acceptors (Lipinski definition) is 8. The van der Waals surface area contributed by atoms with Gasteiger partial charge in [-0.2, -0.15) is 0 Å². The summed E-state index contributed by atoms with van der Waals surface area (Å²) < 4.78 is 35.7. The zero-order chi connectivity index (χ0) is 25.1. The van der Waals surface area contributed by atoms with E-state index in [-0.39, 0.29) is 82.7 Å². The molecule has 4 aliphatic carbocycles. The molecule has 0 heterocycles. The topological polar surface area (TPSA) is 136 Å². The smallest absolute Gasteiger partial charge is 0.724 e. The van der Waals surface area contributed by atoms with Crippen molar-refractivity contribution in [3.8, 4) is 0 Å². The van der Waals surface area contributed by atoms with Crippen molar-refractivity contribution < 1.29 is 67.1 Å². The number of fused-ring (bicyclic) bond motifs is 5. The zero-order valence-electron chi connectivity index (χ0n) is 21.9. The van der Waals surface area contributed by atoms with E-state index in [1.54, 1.807) is 0 Å². The monoisotopic (exact) mass is 526 g/mol. The van der Waals surface area contributed by atoms with Gasteiger partial charge in [0.15, 0.2) is 0 Å². The third-order valence-corrected chi connectivity index (χ3v) is 11.1. The quantitative estimate of drug-likeness (QED) is 0.106. The fourth-order valence-electron chi connectivity index (χ4n) is 9.58. The van der Waals surface area contributed by atoms with Crippen molar-refractivity contribution in [1.29, 1.82) is 0 Å². The van der Waals surface area contributed by atoms with E-state index in [4.69, 9.17) is 0 Å². The summed E-state index contributed by atoms with van der Waals surface area (Å²) in [5.74, 6) is 1.22. The maximum absolute atomic E-state index is 11.7. The van der Waals surface area contributed by atoms with Crippen molar-refractivity contribution in [2.75, 3.05) is 6.61 Å². The second-order valence-corrected chi connectivity index (χ2v) is 13.3. The van der Waals surface area contributed by atoms with E-state index in [2.05, 4.69) is 36.9 Å². The number of hydrogen-bond donors (Lipinski definition) is 3. The minimum atomic E-state index is -4.87. The molecular formula is C25H43NaO8S. The molecule has 0 saturated heterocycles. The largest absolute Gasteiger partial charge is 1.00 e. The van der Waals surface area contributed by atoms with Crippen LogP contribution in [0.1, 0.15) is 79.1 Å². The van der Waals surface area contributed by atoms with Gasteiger partial charge in [0.1, 0.15) is 0 Å². The molecular weight excluding hydrogens is 483 g/mol. The summed E-state index contributed by atoms with van der Waals surface area (Å²) >= 11 is 0. The number of aliphatic hydroxyl groups is 3. The first-order valence-corrected chi connectivity index (χ1v) is 14.5. The molecule has 35 heavy (non-hydrogen) atoms. The predicted molar refractivity (Wildman–Crippen MR) is 124 cm³/mol. The Morgan fingerprint density at radius 3 is 2.40 bits per heavy atom. The van der Waals surface area contributed by atoms with Crippen LogP contribution in [0.25, 0.3) is 0 Å². The molecule has 0 amide bonds. The maximum atomic E-state index is 11.7. The van der Waals surface area contributed by atoms with E-state index in [9.17, 15) is 28.3 Å². The van der Waals surface area contributed by atoms with Crippen molar-refractivity contribution in [2.24, 2.45) is 52.3 Å². The summed E-state index contributed by atoms with van der Waals surface area (Å²) in [4.78, 5) is 4.62. The van der Waals surface area contributed by atoms with Crippen LogP contribution in [-0.2, 0) is 19.6 Å². The molecule has 0 aliphatic heterocycles. The van der Waals surface area contributed by atoms with Crippen LogP contribution in [-0.4, -0.2) is 53.2 Å². The second-order valence-electron chi connectivity index (χ2n) is 12.3. The van der Waals surface area contributed by atoms with Gasteiger partial charge in [0.05, 0.1) is 24.9 Å².